The molecule has 3 heterocycles. The molecule has 5 rings (SSSR count). The normalized spacial score (nSPS) is 15.6. The highest BCUT2D eigenvalue weighted by Gasteiger charge is 2.33. The molecule has 0 saturated heterocycles. The molecule has 4 aromatic rings. The average Bonchev–Trinajstić information content (AvgIpc) is 3.34. The number of hydrogen-bond donors (Lipinski definition) is 0. The molecule has 2 aromatic carbocycles. The number of carbonyl (C=O) groups excluding carboxylic acids is 1. The third-order valence-corrected chi connectivity index (χ3v) is 8.23. The van der Waals surface area contributed by atoms with Crippen LogP contribution in [0.25, 0.3) is 16.8 Å². The molecule has 1 atom stereocenters. The molecule has 7 nitrogen and oxygen atoms in total. The van der Waals surface area contributed by atoms with Crippen LogP contribution in [0.1, 0.15) is 42.4 Å². The summed E-state index contributed by atoms with van der Waals surface area (Å²) >= 11 is 1.34. The minimum Gasteiger partial charge on any atom is -0.496 e. The number of nitrogens with zero attached hydrogens (tertiary/aromatic N) is 3. The highest BCUT2D eigenvalue weighted by atomic mass is 32.1. The number of benzene rings is 2. The van der Waals surface area contributed by atoms with Gasteiger partial charge in [-0.05, 0) is 62.2 Å². The van der Waals surface area contributed by atoms with Crippen LogP contribution in [0.3, 0.4) is 0 Å². The summed E-state index contributed by atoms with van der Waals surface area (Å²) in [6, 6.07) is 13.3. The standard InChI is InChI=1S/C30H31N3O4S/c1-17-15-22(19(3)32(17)13-14-36-5)16-25-29(35)33-28(26(20(4)34)18(2)31-30(33)38-25)27-23-10-8-7-9-21(23)11-12-24(27)37-6/h7-12,15-16,28H,13-14H2,1-6H3. The fourth-order valence-electron chi connectivity index (χ4n) is 5.42. The molecule has 1 unspecified atom stereocenters. The van der Waals surface area contributed by atoms with Crippen LogP contribution in [0.4, 0.5) is 0 Å². The summed E-state index contributed by atoms with van der Waals surface area (Å²) in [6.07, 6.45) is 1.93. The topological polar surface area (TPSA) is 74.8 Å². The van der Waals surface area contributed by atoms with Gasteiger partial charge in [0.25, 0.3) is 5.56 Å². The first-order valence-electron chi connectivity index (χ1n) is 12.5. The van der Waals surface area contributed by atoms with Crippen LogP contribution in [0, 0.1) is 13.8 Å². The molecule has 0 saturated carbocycles. The maximum absolute atomic E-state index is 14.1. The van der Waals surface area contributed by atoms with Crippen LogP contribution in [0.2, 0.25) is 0 Å². The zero-order valence-corrected chi connectivity index (χ0v) is 23.3. The Hall–Kier alpha value is -3.75. The monoisotopic (exact) mass is 529 g/mol. The third kappa shape index (κ3) is 4.23. The van der Waals surface area contributed by atoms with E-state index in [0.717, 1.165) is 39.8 Å². The smallest absolute Gasteiger partial charge is 0.271 e. The number of ketones is 1. The molecule has 38 heavy (non-hydrogen) atoms. The van der Waals surface area contributed by atoms with Gasteiger partial charge in [-0.15, -0.1) is 0 Å². The Balaban J connectivity index is 1.79. The second-order valence-electron chi connectivity index (χ2n) is 9.51. The maximum atomic E-state index is 14.1. The molecule has 196 valence electrons. The van der Waals surface area contributed by atoms with Gasteiger partial charge in [0.05, 0.1) is 24.3 Å². The van der Waals surface area contributed by atoms with Crippen LogP contribution >= 0.6 is 11.3 Å². The zero-order valence-electron chi connectivity index (χ0n) is 22.5. The molecular formula is C30H31N3O4S. The molecule has 2 aromatic heterocycles. The minimum atomic E-state index is -0.652. The van der Waals surface area contributed by atoms with E-state index in [1.165, 1.54) is 18.3 Å². The van der Waals surface area contributed by atoms with E-state index in [9.17, 15) is 9.59 Å². The van der Waals surface area contributed by atoms with Crippen molar-refractivity contribution < 1.29 is 14.3 Å². The zero-order chi connectivity index (χ0) is 27.1. The number of rotatable bonds is 7. The molecule has 8 heteroatoms. The number of allylic oxidation sites excluding steroid dienone is 2. The van der Waals surface area contributed by atoms with Gasteiger partial charge in [-0.25, -0.2) is 4.99 Å². The summed E-state index contributed by atoms with van der Waals surface area (Å²) in [7, 11) is 3.30. The Kier molecular flexibility index (Phi) is 6.94. The fourth-order valence-corrected chi connectivity index (χ4v) is 6.46. The first-order chi connectivity index (χ1) is 18.3. The first kappa shape index (κ1) is 25.9. The lowest BCUT2D eigenvalue weighted by molar-refractivity contribution is -0.114. The van der Waals surface area contributed by atoms with Gasteiger partial charge >= 0.3 is 0 Å². The third-order valence-electron chi connectivity index (χ3n) is 7.24. The Bertz CT molecular complexity index is 1790. The number of fused-ring (bicyclic) bond motifs is 2. The number of Topliss-reactive ketones (excluding diaryl/α,β-unsaturated/α-hetero) is 1. The van der Waals surface area contributed by atoms with Crippen molar-refractivity contribution in [1.82, 2.24) is 9.13 Å². The number of hydrogen-bond acceptors (Lipinski definition) is 6. The van der Waals surface area contributed by atoms with Gasteiger partial charge in [0.2, 0.25) is 0 Å². The van der Waals surface area contributed by atoms with Crippen LogP contribution < -0.4 is 19.6 Å². The number of methoxy groups -OCH3 is 2. The van der Waals surface area contributed by atoms with Crippen molar-refractivity contribution in [2.45, 2.75) is 40.3 Å². The van der Waals surface area contributed by atoms with Crippen molar-refractivity contribution in [3.63, 3.8) is 0 Å². The van der Waals surface area contributed by atoms with Gasteiger partial charge in [-0.3, -0.25) is 14.2 Å². The summed E-state index contributed by atoms with van der Waals surface area (Å²) in [5.41, 5.74) is 4.87. The molecule has 1 aliphatic rings. The quantitative estimate of drug-likeness (QED) is 0.362. The lowest BCUT2D eigenvalue weighted by Gasteiger charge is -2.27. The number of aromatic nitrogens is 2. The van der Waals surface area contributed by atoms with E-state index in [4.69, 9.17) is 14.5 Å². The molecular weight excluding hydrogens is 498 g/mol. The van der Waals surface area contributed by atoms with E-state index in [1.807, 2.05) is 56.3 Å². The predicted octanol–water partition coefficient (Wildman–Crippen LogP) is 4.05. The van der Waals surface area contributed by atoms with E-state index in [0.29, 0.717) is 33.0 Å². The van der Waals surface area contributed by atoms with E-state index < -0.39 is 6.04 Å². The van der Waals surface area contributed by atoms with Crippen molar-refractivity contribution in [2.75, 3.05) is 20.8 Å². The average molecular weight is 530 g/mol. The largest absolute Gasteiger partial charge is 0.496 e. The van der Waals surface area contributed by atoms with Gasteiger partial charge in [0.1, 0.15) is 5.75 Å². The highest BCUT2D eigenvalue weighted by molar-refractivity contribution is 7.07. The van der Waals surface area contributed by atoms with Crippen LogP contribution in [0.5, 0.6) is 5.75 Å². The first-order valence-corrected chi connectivity index (χ1v) is 13.3. The maximum Gasteiger partial charge on any atom is 0.271 e. The molecule has 0 radical (unpaired) electrons. The molecule has 0 bridgehead atoms. The second-order valence-corrected chi connectivity index (χ2v) is 10.5. The van der Waals surface area contributed by atoms with Gasteiger partial charge in [-0.2, -0.15) is 0 Å². The Labute approximate surface area is 225 Å². The SMILES string of the molecule is COCCn1c(C)cc(C=c2sc3n(c2=O)C(c2c(OC)ccc4ccccc24)C(C(C)=O)=C(C)N=3)c1C. The molecule has 0 spiro atoms. The van der Waals surface area contributed by atoms with Crippen LogP contribution in [-0.2, 0) is 16.1 Å². The molecule has 1 aliphatic heterocycles. The summed E-state index contributed by atoms with van der Waals surface area (Å²) in [4.78, 5) is 32.4. The lowest BCUT2D eigenvalue weighted by atomic mass is 9.89. The summed E-state index contributed by atoms with van der Waals surface area (Å²) in [5.74, 6) is 0.501. The van der Waals surface area contributed by atoms with Crippen molar-refractivity contribution >= 4 is 34.0 Å². The van der Waals surface area contributed by atoms with Crippen LogP contribution in [0.15, 0.2) is 63.5 Å². The van der Waals surface area contributed by atoms with E-state index in [2.05, 4.69) is 17.6 Å². The molecule has 0 N–H and O–H groups in total. The fraction of sp³-hybridized carbons (Fsp3) is 0.300. The number of aryl methyl sites for hydroxylation is 1. The minimum absolute atomic E-state index is 0.123. The Morgan fingerprint density at radius 2 is 1.89 bits per heavy atom. The Morgan fingerprint density at radius 1 is 1.13 bits per heavy atom. The molecule has 0 aliphatic carbocycles. The predicted molar refractivity (Wildman–Crippen MR) is 151 cm³/mol. The molecule has 0 fully saturated rings. The van der Waals surface area contributed by atoms with Gasteiger partial charge < -0.3 is 14.0 Å². The van der Waals surface area contributed by atoms with Crippen molar-refractivity contribution in [1.29, 1.82) is 0 Å². The Morgan fingerprint density at radius 3 is 2.61 bits per heavy atom. The van der Waals surface area contributed by atoms with Crippen molar-refractivity contribution in [3.05, 3.63) is 95.9 Å². The number of ether oxygens (including phenoxy) is 2. The molecule has 0 amide bonds. The van der Waals surface area contributed by atoms with Gasteiger partial charge in [-0.1, -0.05) is 41.7 Å². The van der Waals surface area contributed by atoms with Gasteiger partial charge in [0.15, 0.2) is 10.6 Å². The van der Waals surface area contributed by atoms with Crippen molar-refractivity contribution in [3.8, 4) is 5.75 Å². The van der Waals surface area contributed by atoms with E-state index in [-0.39, 0.29) is 11.3 Å². The van der Waals surface area contributed by atoms with Crippen molar-refractivity contribution in [2.24, 2.45) is 4.99 Å². The summed E-state index contributed by atoms with van der Waals surface area (Å²) in [5, 5.41) is 1.94. The number of thiazole rings is 1. The second kappa shape index (κ2) is 10.2. The highest BCUT2D eigenvalue weighted by Crippen LogP contribution is 2.40. The lowest BCUT2D eigenvalue weighted by Crippen LogP contribution is -2.39. The summed E-state index contributed by atoms with van der Waals surface area (Å²) in [6.45, 7) is 8.82. The van der Waals surface area contributed by atoms with Gasteiger partial charge in [0, 0.05) is 41.9 Å². The van der Waals surface area contributed by atoms with E-state index in [1.54, 1.807) is 18.8 Å². The van der Waals surface area contributed by atoms with Crippen LogP contribution in [-0.4, -0.2) is 35.7 Å². The summed E-state index contributed by atoms with van der Waals surface area (Å²) < 4.78 is 15.5. The van der Waals surface area contributed by atoms with E-state index >= 15 is 0 Å². The number of carbonyl (C=O) groups is 1.